The van der Waals surface area contributed by atoms with Crippen LogP contribution in [0.25, 0.3) is 10.6 Å². The van der Waals surface area contributed by atoms with Gasteiger partial charge in [0.1, 0.15) is 9.88 Å². The summed E-state index contributed by atoms with van der Waals surface area (Å²) in [5.74, 6) is -1.22. The van der Waals surface area contributed by atoms with Crippen molar-refractivity contribution in [2.75, 3.05) is 43.9 Å². The van der Waals surface area contributed by atoms with E-state index in [4.69, 9.17) is 4.74 Å². The number of piperazine rings is 1. The lowest BCUT2D eigenvalue weighted by Crippen LogP contribution is -2.50. The van der Waals surface area contributed by atoms with Crippen molar-refractivity contribution in [3.63, 3.8) is 0 Å². The van der Waals surface area contributed by atoms with Gasteiger partial charge in [0.05, 0.1) is 30.2 Å². The van der Waals surface area contributed by atoms with Crippen LogP contribution in [0.1, 0.15) is 46.8 Å². The van der Waals surface area contributed by atoms with Crippen molar-refractivity contribution in [2.45, 2.75) is 38.8 Å². The van der Waals surface area contributed by atoms with Gasteiger partial charge in [-0.2, -0.15) is 0 Å². The molecular formula is C28H34N8O7S. The third-order valence-electron chi connectivity index (χ3n) is 7.26. The number of para-hydroxylation sites is 1. The molecule has 3 amide bonds. The zero-order chi connectivity index (χ0) is 31.6. The summed E-state index contributed by atoms with van der Waals surface area (Å²) in [5.41, 5.74) is 0.533. The Labute approximate surface area is 256 Å². The molecule has 1 aliphatic carbocycles. The number of ether oxygens (including phenoxy) is 1. The molecule has 1 saturated heterocycles. The number of nitrogens with zero attached hydrogens (tertiary/aromatic N) is 5. The second kappa shape index (κ2) is 12.8. The zero-order valence-electron chi connectivity index (χ0n) is 24.4. The first-order chi connectivity index (χ1) is 20.9. The molecule has 0 bridgehead atoms. The minimum atomic E-state index is -3.51. The first-order valence-corrected chi connectivity index (χ1v) is 14.9. The molecule has 3 heterocycles. The van der Waals surface area contributed by atoms with Gasteiger partial charge in [0.2, 0.25) is 5.91 Å². The van der Waals surface area contributed by atoms with Gasteiger partial charge in [0.15, 0.2) is 17.3 Å². The Bertz CT molecular complexity index is 1540. The molecule has 1 saturated carbocycles. The highest BCUT2D eigenvalue weighted by Crippen LogP contribution is 2.40. The number of benzene rings is 1. The second-order valence-corrected chi connectivity index (χ2v) is 11.8. The maximum Gasteiger partial charge on any atom is 0.369 e. The van der Waals surface area contributed by atoms with Crippen LogP contribution in [0.5, 0.6) is 5.75 Å². The van der Waals surface area contributed by atoms with E-state index in [1.165, 1.54) is 24.5 Å². The van der Waals surface area contributed by atoms with Crippen molar-refractivity contribution < 1.29 is 34.4 Å². The number of hydrogen-bond acceptors (Lipinski definition) is 13. The van der Waals surface area contributed by atoms with Gasteiger partial charge >= 0.3 is 6.10 Å². The lowest BCUT2D eigenvalue weighted by atomic mass is 10.1. The summed E-state index contributed by atoms with van der Waals surface area (Å²) >= 11 is 1.23. The number of aromatic nitrogens is 3. The van der Waals surface area contributed by atoms with Crippen LogP contribution in [0, 0.1) is 5.92 Å². The fourth-order valence-electron chi connectivity index (χ4n) is 4.76. The van der Waals surface area contributed by atoms with Gasteiger partial charge in [0, 0.05) is 44.2 Å². The van der Waals surface area contributed by atoms with E-state index in [2.05, 4.69) is 44.6 Å². The van der Waals surface area contributed by atoms with Crippen LogP contribution >= 0.6 is 11.3 Å². The Kier molecular flexibility index (Phi) is 9.07. The average Bonchev–Trinajstić information content (AvgIpc) is 3.72. The van der Waals surface area contributed by atoms with E-state index < -0.39 is 17.7 Å². The topological polar surface area (TPSA) is 202 Å². The van der Waals surface area contributed by atoms with Crippen molar-refractivity contribution >= 4 is 46.3 Å². The third kappa shape index (κ3) is 7.28. The van der Waals surface area contributed by atoms with E-state index in [0.717, 1.165) is 25.9 Å². The van der Waals surface area contributed by atoms with Crippen molar-refractivity contribution in [1.82, 2.24) is 30.3 Å². The molecule has 0 spiro atoms. The molecule has 6 N–H and O–H groups in total. The smallest absolute Gasteiger partial charge is 0.369 e. The molecule has 0 atom stereocenters. The zero-order valence-corrected chi connectivity index (χ0v) is 25.2. The Balaban J connectivity index is 1.41. The molecule has 2 fully saturated rings. The van der Waals surface area contributed by atoms with Crippen molar-refractivity contribution in [2.24, 2.45) is 5.92 Å². The molecule has 0 radical (unpaired) electrons. The second-order valence-electron chi connectivity index (χ2n) is 10.8. The number of rotatable bonds is 10. The molecular weight excluding hydrogens is 592 g/mol. The summed E-state index contributed by atoms with van der Waals surface area (Å²) in [7, 11) is 1.45. The summed E-state index contributed by atoms with van der Waals surface area (Å²) < 4.78 is 5.72. The minimum absolute atomic E-state index is 0.0128. The molecule has 16 heteroatoms. The number of methoxy groups -OCH3 is 1. The van der Waals surface area contributed by atoms with Gasteiger partial charge in [-0.15, -0.1) is 21.5 Å². The maximum atomic E-state index is 13.2. The van der Waals surface area contributed by atoms with Gasteiger partial charge in [-0.1, -0.05) is 6.07 Å². The number of nitrogens with one attached hydrogen (secondary N) is 3. The fraction of sp³-hybridized carbons (Fsp3) is 0.429. The largest absolute Gasteiger partial charge is 0.494 e. The highest BCUT2D eigenvalue weighted by atomic mass is 32.1. The number of amides is 3. The predicted molar refractivity (Wildman–Crippen MR) is 160 cm³/mol. The first-order valence-electron chi connectivity index (χ1n) is 14.0. The molecule has 15 nitrogen and oxygen atoms in total. The number of hydrogen-bond donors (Lipinski definition) is 6. The highest BCUT2D eigenvalue weighted by Gasteiger charge is 2.31. The molecule has 5 rings (SSSR count). The van der Waals surface area contributed by atoms with Gasteiger partial charge in [-0.05, 0) is 38.8 Å². The van der Waals surface area contributed by atoms with Crippen molar-refractivity contribution in [3.8, 4) is 16.3 Å². The first kappa shape index (κ1) is 31.2. The van der Waals surface area contributed by atoms with E-state index in [0.29, 0.717) is 46.0 Å². The standard InChI is InChI=1S/C28H34N8O7S/c1-15(2)35-9-11-36(12-10-35)27(39)20-14-29-26(44-20)17-5-4-6-18(23(17)43-3)30-19-13-21(31-24(37)16-7-8-16)33-34-22(19)25(38)32-28(40,41)42/h4-6,13-16,40-42H,7-12H2,1-3H3,(H,32,38)(H2,30,31,33,37). The maximum absolute atomic E-state index is 13.2. The number of carbonyl (C=O) groups is 3. The Morgan fingerprint density at radius 3 is 2.43 bits per heavy atom. The van der Waals surface area contributed by atoms with E-state index in [1.807, 2.05) is 4.90 Å². The van der Waals surface area contributed by atoms with E-state index in [1.54, 1.807) is 29.7 Å². The predicted octanol–water partition coefficient (Wildman–Crippen LogP) is 1.18. The van der Waals surface area contributed by atoms with Crippen molar-refractivity contribution in [1.29, 1.82) is 0 Å². The third-order valence-corrected chi connectivity index (χ3v) is 8.28. The van der Waals surface area contributed by atoms with Crippen LogP contribution in [0.2, 0.25) is 0 Å². The summed E-state index contributed by atoms with van der Waals surface area (Å²) in [6, 6.07) is 6.93. The van der Waals surface area contributed by atoms with E-state index >= 15 is 0 Å². The number of aliphatic hydroxyl groups is 3. The van der Waals surface area contributed by atoms with Gasteiger partial charge < -0.3 is 35.6 Å². The van der Waals surface area contributed by atoms with Gasteiger partial charge in [-0.25, -0.2) is 4.98 Å². The molecule has 3 aromatic rings. The summed E-state index contributed by atoms with van der Waals surface area (Å²) in [6.45, 7) is 7.16. The number of anilines is 3. The van der Waals surface area contributed by atoms with Crippen LogP contribution in [-0.2, 0) is 4.79 Å². The van der Waals surface area contributed by atoms with E-state index in [9.17, 15) is 29.7 Å². The van der Waals surface area contributed by atoms with Crippen LogP contribution in [0.4, 0.5) is 17.2 Å². The van der Waals surface area contributed by atoms with Gasteiger partial charge in [-0.3, -0.25) is 24.6 Å². The minimum Gasteiger partial charge on any atom is -0.494 e. The Morgan fingerprint density at radius 2 is 1.80 bits per heavy atom. The molecule has 2 aliphatic rings. The van der Waals surface area contributed by atoms with Crippen LogP contribution in [-0.4, -0.2) is 103 Å². The Hall–Kier alpha value is -4.22. The van der Waals surface area contributed by atoms with Crippen LogP contribution in [0.3, 0.4) is 0 Å². The van der Waals surface area contributed by atoms with E-state index in [-0.39, 0.29) is 29.2 Å². The lowest BCUT2D eigenvalue weighted by molar-refractivity contribution is -0.323. The Morgan fingerprint density at radius 1 is 1.07 bits per heavy atom. The SMILES string of the molecule is COc1c(Nc2cc(NC(=O)C3CC3)nnc2C(=O)NC(O)(O)O)cccc1-c1ncc(C(=O)N2CCN(C(C)C)CC2)s1. The fourth-order valence-corrected chi connectivity index (χ4v) is 5.67. The molecule has 1 aromatic carbocycles. The highest BCUT2D eigenvalue weighted by molar-refractivity contribution is 7.17. The molecule has 234 valence electrons. The monoisotopic (exact) mass is 626 g/mol. The quantitative estimate of drug-likeness (QED) is 0.176. The number of thiazole rings is 1. The summed E-state index contributed by atoms with van der Waals surface area (Å²) in [6.07, 6.45) is -0.432. The normalized spacial score (nSPS) is 15.7. The number of carbonyl (C=O) groups excluding carboxylic acids is 3. The molecule has 2 aromatic heterocycles. The molecule has 1 aliphatic heterocycles. The average molecular weight is 627 g/mol. The summed E-state index contributed by atoms with van der Waals surface area (Å²) in [5, 5.41) is 43.3. The van der Waals surface area contributed by atoms with Crippen LogP contribution in [0.15, 0.2) is 30.5 Å². The van der Waals surface area contributed by atoms with Gasteiger partial charge in [0.25, 0.3) is 11.8 Å². The van der Waals surface area contributed by atoms with Crippen LogP contribution < -0.4 is 20.7 Å². The lowest BCUT2D eigenvalue weighted by Gasteiger charge is -2.36. The molecule has 0 unspecified atom stereocenters. The molecule has 44 heavy (non-hydrogen) atoms. The summed E-state index contributed by atoms with van der Waals surface area (Å²) in [4.78, 5) is 47.4. The van der Waals surface area contributed by atoms with Crippen molar-refractivity contribution in [3.05, 3.63) is 41.0 Å².